The lowest BCUT2D eigenvalue weighted by molar-refractivity contribution is -0.113. The van der Waals surface area contributed by atoms with E-state index in [9.17, 15) is 4.79 Å². The molecule has 0 saturated carbocycles. The van der Waals surface area contributed by atoms with Crippen LogP contribution < -0.4 is 5.32 Å². The van der Waals surface area contributed by atoms with Gasteiger partial charge in [0, 0.05) is 17.3 Å². The van der Waals surface area contributed by atoms with Crippen molar-refractivity contribution in [2.45, 2.75) is 25.0 Å². The lowest BCUT2D eigenvalue weighted by Gasteiger charge is -2.09. The van der Waals surface area contributed by atoms with Crippen LogP contribution in [0.5, 0.6) is 0 Å². The number of carbonyl (C=O) groups is 1. The highest BCUT2D eigenvalue weighted by atomic mass is 32.2. The maximum Gasteiger partial charge on any atom is 0.234 e. The van der Waals surface area contributed by atoms with Gasteiger partial charge < -0.3 is 9.88 Å². The largest absolute Gasteiger partial charge is 0.325 e. The van der Waals surface area contributed by atoms with Gasteiger partial charge in [-0.2, -0.15) is 0 Å². The molecule has 0 aliphatic carbocycles. The summed E-state index contributed by atoms with van der Waals surface area (Å²) in [6.07, 6.45) is 7.00. The average Bonchev–Trinajstić information content (AvgIpc) is 2.94. The van der Waals surface area contributed by atoms with E-state index in [0.717, 1.165) is 10.7 Å². The van der Waals surface area contributed by atoms with Crippen molar-refractivity contribution in [3.05, 3.63) is 36.2 Å². The van der Waals surface area contributed by atoms with Crippen molar-refractivity contribution in [1.82, 2.24) is 14.8 Å². The Labute approximate surface area is 128 Å². The Morgan fingerprint density at radius 1 is 1.52 bits per heavy atom. The third-order valence-corrected chi connectivity index (χ3v) is 3.70. The third kappa shape index (κ3) is 4.10. The van der Waals surface area contributed by atoms with Gasteiger partial charge in [0.05, 0.1) is 5.75 Å². The minimum atomic E-state index is -0.104. The molecule has 1 aromatic carbocycles. The van der Waals surface area contributed by atoms with Crippen LogP contribution >= 0.6 is 11.8 Å². The van der Waals surface area contributed by atoms with Crippen LogP contribution in [0.15, 0.2) is 35.7 Å². The molecule has 6 heteroatoms. The fraction of sp³-hybridized carbons (Fsp3) is 0.267. The summed E-state index contributed by atoms with van der Waals surface area (Å²) in [4.78, 5) is 11.9. The highest BCUT2D eigenvalue weighted by Crippen LogP contribution is 2.19. The smallest absolute Gasteiger partial charge is 0.234 e. The molecule has 0 aliphatic heterocycles. The van der Waals surface area contributed by atoms with Crippen LogP contribution in [0.25, 0.3) is 0 Å². The Kier molecular flexibility index (Phi) is 5.01. The summed E-state index contributed by atoms with van der Waals surface area (Å²) in [5.74, 6) is 2.70. The number of terminal acetylenes is 1. The van der Waals surface area contributed by atoms with Crippen molar-refractivity contribution in [2.24, 2.45) is 0 Å². The lowest BCUT2D eigenvalue weighted by atomic mass is 10.2. The van der Waals surface area contributed by atoms with Crippen molar-refractivity contribution in [1.29, 1.82) is 0 Å². The van der Waals surface area contributed by atoms with Gasteiger partial charge in [-0.15, -0.1) is 16.6 Å². The number of amides is 1. The number of rotatable bonds is 5. The second-order valence-electron chi connectivity index (χ2n) is 4.68. The number of nitrogens with zero attached hydrogens (tertiary/aromatic N) is 3. The van der Waals surface area contributed by atoms with E-state index in [-0.39, 0.29) is 17.7 Å². The molecule has 2 aromatic rings. The molecule has 21 heavy (non-hydrogen) atoms. The van der Waals surface area contributed by atoms with Crippen molar-refractivity contribution in [3.63, 3.8) is 0 Å². The maximum atomic E-state index is 11.9. The quantitative estimate of drug-likeness (QED) is 0.681. The third-order valence-electron chi connectivity index (χ3n) is 2.74. The van der Waals surface area contributed by atoms with Crippen molar-refractivity contribution in [3.8, 4) is 12.3 Å². The number of carbonyl (C=O) groups excluding carboxylic acids is 1. The van der Waals surface area contributed by atoms with E-state index in [1.807, 2.05) is 30.5 Å². The van der Waals surface area contributed by atoms with Gasteiger partial charge in [-0.3, -0.25) is 4.79 Å². The summed E-state index contributed by atoms with van der Waals surface area (Å²) >= 11 is 1.36. The van der Waals surface area contributed by atoms with Crippen LogP contribution in [0.1, 0.15) is 25.5 Å². The summed E-state index contributed by atoms with van der Waals surface area (Å²) in [6, 6.07) is 7.46. The van der Waals surface area contributed by atoms with Crippen LogP contribution in [0, 0.1) is 12.3 Å². The number of hydrogen-bond acceptors (Lipinski definition) is 4. The van der Waals surface area contributed by atoms with Crippen molar-refractivity contribution >= 4 is 23.4 Å². The van der Waals surface area contributed by atoms with E-state index >= 15 is 0 Å². The topological polar surface area (TPSA) is 59.8 Å². The van der Waals surface area contributed by atoms with Crippen LogP contribution in [-0.4, -0.2) is 26.4 Å². The number of thioether (sulfide) groups is 1. The SMILES string of the molecule is C#Cc1cccc(NC(=O)CSc2nncn2C(C)C)c1. The molecule has 0 fully saturated rings. The summed E-state index contributed by atoms with van der Waals surface area (Å²) in [7, 11) is 0. The molecular formula is C15H16N4OS. The molecular weight excluding hydrogens is 284 g/mol. The molecule has 1 amide bonds. The van der Waals surface area contributed by atoms with Crippen molar-refractivity contribution in [2.75, 3.05) is 11.1 Å². The average molecular weight is 300 g/mol. The summed E-state index contributed by atoms with van der Waals surface area (Å²) in [6.45, 7) is 4.08. The number of anilines is 1. The zero-order chi connectivity index (χ0) is 15.2. The van der Waals surface area contributed by atoms with Crippen LogP contribution in [0.2, 0.25) is 0 Å². The Bertz CT molecular complexity index is 672. The van der Waals surface area contributed by atoms with E-state index in [1.165, 1.54) is 11.8 Å². The molecule has 2 rings (SSSR count). The first-order chi connectivity index (χ1) is 10.1. The van der Waals surface area contributed by atoms with Crippen LogP contribution in [0.4, 0.5) is 5.69 Å². The summed E-state index contributed by atoms with van der Waals surface area (Å²) in [5, 5.41) is 11.4. The summed E-state index contributed by atoms with van der Waals surface area (Å²) in [5.41, 5.74) is 1.43. The van der Waals surface area contributed by atoms with Gasteiger partial charge in [-0.25, -0.2) is 0 Å². The predicted molar refractivity (Wildman–Crippen MR) is 84.1 cm³/mol. The number of aromatic nitrogens is 3. The highest BCUT2D eigenvalue weighted by Gasteiger charge is 2.10. The summed E-state index contributed by atoms with van der Waals surface area (Å²) < 4.78 is 1.93. The Morgan fingerprint density at radius 2 is 2.33 bits per heavy atom. The van der Waals surface area contributed by atoms with Gasteiger partial charge in [0.2, 0.25) is 5.91 Å². The van der Waals surface area contributed by atoms with E-state index < -0.39 is 0 Å². The lowest BCUT2D eigenvalue weighted by Crippen LogP contribution is -2.14. The minimum absolute atomic E-state index is 0.104. The fourth-order valence-electron chi connectivity index (χ4n) is 1.70. The van der Waals surface area contributed by atoms with E-state index in [4.69, 9.17) is 6.42 Å². The molecule has 1 N–H and O–H groups in total. The Morgan fingerprint density at radius 3 is 3.05 bits per heavy atom. The predicted octanol–water partition coefficient (Wildman–Crippen LogP) is 2.57. The van der Waals surface area contributed by atoms with Gasteiger partial charge in [0.25, 0.3) is 0 Å². The molecule has 1 aromatic heterocycles. The van der Waals surface area contributed by atoms with Crippen molar-refractivity contribution < 1.29 is 4.79 Å². The van der Waals surface area contributed by atoms with Gasteiger partial charge in [0.1, 0.15) is 6.33 Å². The first kappa shape index (κ1) is 15.1. The first-order valence-electron chi connectivity index (χ1n) is 6.49. The maximum absolute atomic E-state index is 11.9. The molecule has 0 radical (unpaired) electrons. The molecule has 0 spiro atoms. The molecule has 0 bridgehead atoms. The second kappa shape index (κ2) is 6.95. The molecule has 0 aliphatic rings. The molecule has 1 heterocycles. The van der Waals surface area contributed by atoms with Gasteiger partial charge >= 0.3 is 0 Å². The molecule has 0 atom stereocenters. The molecule has 5 nitrogen and oxygen atoms in total. The zero-order valence-corrected chi connectivity index (χ0v) is 12.7. The van der Waals surface area contributed by atoms with Crippen LogP contribution in [-0.2, 0) is 4.79 Å². The fourth-order valence-corrected chi connectivity index (χ4v) is 2.55. The standard InChI is InChI=1S/C15H16N4OS/c1-4-12-6-5-7-13(8-12)17-14(20)9-21-15-18-16-10-19(15)11(2)3/h1,5-8,10-11H,9H2,2-3H3,(H,17,20). The highest BCUT2D eigenvalue weighted by molar-refractivity contribution is 7.99. The number of nitrogens with one attached hydrogen (secondary N) is 1. The molecule has 0 saturated heterocycles. The van der Waals surface area contributed by atoms with Gasteiger partial charge in [-0.05, 0) is 32.0 Å². The normalized spacial score (nSPS) is 10.4. The minimum Gasteiger partial charge on any atom is -0.325 e. The second-order valence-corrected chi connectivity index (χ2v) is 5.62. The van der Waals surface area contributed by atoms with Gasteiger partial charge in [-0.1, -0.05) is 23.7 Å². The number of benzene rings is 1. The van der Waals surface area contributed by atoms with Gasteiger partial charge in [0.15, 0.2) is 5.16 Å². The zero-order valence-electron chi connectivity index (χ0n) is 11.9. The van der Waals surface area contributed by atoms with E-state index in [1.54, 1.807) is 18.5 Å². The van der Waals surface area contributed by atoms with E-state index in [2.05, 4.69) is 21.4 Å². The Balaban J connectivity index is 1.93. The van der Waals surface area contributed by atoms with Crippen LogP contribution in [0.3, 0.4) is 0 Å². The Hall–Kier alpha value is -2.26. The van der Waals surface area contributed by atoms with E-state index in [0.29, 0.717) is 5.69 Å². The molecule has 0 unspecified atom stereocenters. The first-order valence-corrected chi connectivity index (χ1v) is 7.47. The monoisotopic (exact) mass is 300 g/mol. The number of hydrogen-bond donors (Lipinski definition) is 1. The molecule has 108 valence electrons.